The molecule has 9 heteroatoms. The van der Waals surface area contributed by atoms with E-state index in [9.17, 15) is 18.8 Å². The van der Waals surface area contributed by atoms with Crippen molar-refractivity contribution in [3.05, 3.63) is 53.7 Å². The van der Waals surface area contributed by atoms with Gasteiger partial charge in [-0.15, -0.1) is 0 Å². The molecule has 0 bridgehead atoms. The molecular formula is C17H15FN2O6. The minimum Gasteiger partial charge on any atom is -0.486 e. The Morgan fingerprint density at radius 2 is 1.96 bits per heavy atom. The maximum absolute atomic E-state index is 12.8. The van der Waals surface area contributed by atoms with E-state index < -0.39 is 24.5 Å². The highest BCUT2D eigenvalue weighted by molar-refractivity contribution is 5.97. The number of furan rings is 1. The van der Waals surface area contributed by atoms with E-state index in [4.69, 9.17) is 13.9 Å². The average molecular weight is 362 g/mol. The normalized spacial score (nSPS) is 13.4. The first-order chi connectivity index (χ1) is 12.5. The number of ether oxygens (including phenoxy) is 2. The fourth-order valence-corrected chi connectivity index (χ4v) is 2.24. The molecule has 1 aliphatic heterocycles. The van der Waals surface area contributed by atoms with Gasteiger partial charge in [0.15, 0.2) is 6.61 Å². The summed E-state index contributed by atoms with van der Waals surface area (Å²) in [6.45, 7) is 0.0785. The van der Waals surface area contributed by atoms with Crippen molar-refractivity contribution in [1.29, 1.82) is 0 Å². The fraction of sp³-hybridized carbons (Fsp3) is 0.235. The molecule has 2 aromatic rings. The number of amides is 3. The predicted octanol–water partition coefficient (Wildman–Crippen LogP) is 1.71. The van der Waals surface area contributed by atoms with Crippen molar-refractivity contribution in [3.63, 3.8) is 0 Å². The second-order valence-corrected chi connectivity index (χ2v) is 5.36. The predicted molar refractivity (Wildman–Crippen MR) is 84.8 cm³/mol. The van der Waals surface area contributed by atoms with E-state index in [2.05, 4.69) is 5.32 Å². The van der Waals surface area contributed by atoms with Gasteiger partial charge in [-0.2, -0.15) is 0 Å². The molecule has 3 amide bonds. The number of esters is 1. The lowest BCUT2D eigenvalue weighted by atomic mass is 10.3. The van der Waals surface area contributed by atoms with Crippen LogP contribution in [0.4, 0.5) is 9.18 Å². The van der Waals surface area contributed by atoms with Gasteiger partial charge in [-0.1, -0.05) is 0 Å². The number of imide groups is 1. The minimum atomic E-state index is -0.828. The maximum atomic E-state index is 12.8. The summed E-state index contributed by atoms with van der Waals surface area (Å²) in [5.41, 5.74) is 0. The molecule has 0 unspecified atom stereocenters. The van der Waals surface area contributed by atoms with E-state index in [-0.39, 0.29) is 24.7 Å². The quantitative estimate of drug-likeness (QED) is 0.786. The number of carbonyl (C=O) groups is 3. The number of hydrogen-bond acceptors (Lipinski definition) is 6. The smallest absolute Gasteiger partial charge is 0.374 e. The summed E-state index contributed by atoms with van der Waals surface area (Å²) in [5, 5.41) is 2.48. The summed E-state index contributed by atoms with van der Waals surface area (Å²) < 4.78 is 28.4. The number of halogens is 1. The van der Waals surface area contributed by atoms with E-state index in [0.717, 1.165) is 4.90 Å². The van der Waals surface area contributed by atoms with Gasteiger partial charge in [-0.05, 0) is 36.4 Å². The Kier molecular flexibility index (Phi) is 5.16. The molecule has 0 spiro atoms. The number of benzene rings is 1. The molecule has 1 aromatic heterocycles. The largest absolute Gasteiger partial charge is 0.486 e. The van der Waals surface area contributed by atoms with Gasteiger partial charge in [-0.25, -0.2) is 14.0 Å². The van der Waals surface area contributed by atoms with Gasteiger partial charge >= 0.3 is 12.0 Å². The van der Waals surface area contributed by atoms with Crippen LogP contribution in [0, 0.1) is 5.82 Å². The average Bonchev–Trinajstić information content (AvgIpc) is 3.28. The monoisotopic (exact) mass is 362 g/mol. The molecule has 1 N–H and O–H groups in total. The third-order valence-electron chi connectivity index (χ3n) is 3.54. The zero-order valence-electron chi connectivity index (χ0n) is 13.6. The Morgan fingerprint density at radius 3 is 2.65 bits per heavy atom. The molecular weight excluding hydrogens is 347 g/mol. The summed E-state index contributed by atoms with van der Waals surface area (Å²) in [6.07, 6.45) is 0. The molecule has 1 saturated heterocycles. The number of nitrogens with one attached hydrogen (secondary N) is 1. The second kappa shape index (κ2) is 7.68. The number of nitrogens with zero attached hydrogens (tertiary/aromatic N) is 1. The molecule has 8 nitrogen and oxygen atoms in total. The van der Waals surface area contributed by atoms with Gasteiger partial charge in [0, 0.05) is 13.1 Å². The van der Waals surface area contributed by atoms with Crippen molar-refractivity contribution in [3.8, 4) is 5.75 Å². The zero-order chi connectivity index (χ0) is 18.5. The topological polar surface area (TPSA) is 98.1 Å². The van der Waals surface area contributed by atoms with Gasteiger partial charge in [0.2, 0.25) is 5.76 Å². The zero-order valence-corrected chi connectivity index (χ0v) is 13.6. The first-order valence-electron chi connectivity index (χ1n) is 7.75. The van der Waals surface area contributed by atoms with Crippen LogP contribution in [0.15, 0.2) is 40.8 Å². The van der Waals surface area contributed by atoms with Gasteiger partial charge in [0.25, 0.3) is 5.91 Å². The summed E-state index contributed by atoms with van der Waals surface area (Å²) in [7, 11) is 0. The van der Waals surface area contributed by atoms with E-state index in [0.29, 0.717) is 18.1 Å². The van der Waals surface area contributed by atoms with Crippen molar-refractivity contribution >= 4 is 17.9 Å². The molecule has 0 atom stereocenters. The summed E-state index contributed by atoms with van der Waals surface area (Å²) >= 11 is 0. The number of urea groups is 1. The lowest BCUT2D eigenvalue weighted by molar-refractivity contribution is -0.130. The van der Waals surface area contributed by atoms with Crippen LogP contribution >= 0.6 is 0 Å². The summed E-state index contributed by atoms with van der Waals surface area (Å²) in [4.78, 5) is 36.0. The Hall–Kier alpha value is -3.36. The maximum Gasteiger partial charge on any atom is 0.374 e. The van der Waals surface area contributed by atoms with Crippen molar-refractivity contribution < 1.29 is 32.7 Å². The molecule has 1 fully saturated rings. The number of carbonyl (C=O) groups excluding carboxylic acids is 3. The van der Waals surface area contributed by atoms with Crippen molar-refractivity contribution in [2.75, 3.05) is 19.7 Å². The molecule has 0 aliphatic carbocycles. The highest BCUT2D eigenvalue weighted by atomic mass is 19.1. The highest BCUT2D eigenvalue weighted by Gasteiger charge is 2.27. The Labute approximate surface area is 147 Å². The van der Waals surface area contributed by atoms with Crippen molar-refractivity contribution in [1.82, 2.24) is 10.2 Å². The Morgan fingerprint density at radius 1 is 1.19 bits per heavy atom. The third-order valence-corrected chi connectivity index (χ3v) is 3.54. The number of rotatable bonds is 6. The Balaban J connectivity index is 1.48. The van der Waals surface area contributed by atoms with Crippen molar-refractivity contribution in [2.24, 2.45) is 0 Å². The molecule has 136 valence electrons. The first-order valence-corrected chi connectivity index (χ1v) is 7.75. The highest BCUT2D eigenvalue weighted by Crippen LogP contribution is 2.15. The molecule has 2 heterocycles. The van der Waals surface area contributed by atoms with Crippen LogP contribution in [0.5, 0.6) is 5.75 Å². The molecule has 1 aliphatic rings. The van der Waals surface area contributed by atoms with Gasteiger partial charge in [0.05, 0.1) is 0 Å². The SMILES string of the molecule is O=C(OCC(=O)N1CCNC1=O)c1ccc(COc2ccc(F)cc2)o1. The lowest BCUT2D eigenvalue weighted by Crippen LogP contribution is -2.37. The van der Waals surface area contributed by atoms with Crippen LogP contribution in [0.25, 0.3) is 0 Å². The van der Waals surface area contributed by atoms with Gasteiger partial charge in [0.1, 0.15) is 23.9 Å². The summed E-state index contributed by atoms with van der Waals surface area (Å²) in [5.74, 6) is -1.11. The van der Waals surface area contributed by atoms with E-state index in [1.54, 1.807) is 0 Å². The van der Waals surface area contributed by atoms with E-state index in [1.165, 1.54) is 36.4 Å². The second-order valence-electron chi connectivity index (χ2n) is 5.36. The van der Waals surface area contributed by atoms with Crippen LogP contribution in [-0.2, 0) is 16.1 Å². The fourth-order valence-electron chi connectivity index (χ4n) is 2.24. The first kappa shape index (κ1) is 17.5. The molecule has 0 radical (unpaired) electrons. The molecule has 26 heavy (non-hydrogen) atoms. The molecule has 1 aromatic carbocycles. The van der Waals surface area contributed by atoms with Crippen LogP contribution < -0.4 is 10.1 Å². The van der Waals surface area contributed by atoms with Crippen LogP contribution in [0.3, 0.4) is 0 Å². The van der Waals surface area contributed by atoms with E-state index in [1.807, 2.05) is 0 Å². The van der Waals surface area contributed by atoms with Crippen LogP contribution in [-0.4, -0.2) is 42.5 Å². The van der Waals surface area contributed by atoms with Crippen LogP contribution in [0.2, 0.25) is 0 Å². The van der Waals surface area contributed by atoms with Gasteiger partial charge < -0.3 is 19.2 Å². The van der Waals surface area contributed by atoms with Crippen LogP contribution in [0.1, 0.15) is 16.3 Å². The van der Waals surface area contributed by atoms with Gasteiger partial charge in [-0.3, -0.25) is 9.69 Å². The van der Waals surface area contributed by atoms with Crippen molar-refractivity contribution in [2.45, 2.75) is 6.61 Å². The molecule has 3 rings (SSSR count). The molecule has 0 saturated carbocycles. The standard InChI is InChI=1S/C17H15FN2O6/c18-11-1-3-12(4-2-11)24-9-13-5-6-14(26-13)16(22)25-10-15(21)20-8-7-19-17(20)23/h1-6H,7-10H2,(H,19,23). The minimum absolute atomic E-state index is 0.0335. The van der Waals surface area contributed by atoms with E-state index >= 15 is 0 Å². The lowest BCUT2D eigenvalue weighted by Gasteiger charge is -2.11. The Bertz CT molecular complexity index is 817. The number of hydrogen-bond donors (Lipinski definition) is 1. The summed E-state index contributed by atoms with van der Waals surface area (Å²) in [6, 6.07) is 7.86. The third kappa shape index (κ3) is 4.18.